The van der Waals surface area contributed by atoms with E-state index in [1.807, 2.05) is 36.1 Å². The number of hydrogen-bond acceptors (Lipinski definition) is 3. The molecule has 114 valence electrons. The highest BCUT2D eigenvalue weighted by molar-refractivity contribution is 5.15. The quantitative estimate of drug-likeness (QED) is 0.699. The van der Waals surface area contributed by atoms with E-state index in [-0.39, 0.29) is 0 Å². The maximum atomic E-state index is 5.71. The van der Waals surface area contributed by atoms with Gasteiger partial charge in [-0.25, -0.2) is 0 Å². The van der Waals surface area contributed by atoms with Crippen molar-refractivity contribution in [1.82, 2.24) is 14.7 Å². The van der Waals surface area contributed by atoms with Crippen molar-refractivity contribution >= 4 is 0 Å². The van der Waals surface area contributed by atoms with Gasteiger partial charge in [0.2, 0.25) is 0 Å². The molecule has 1 aromatic heterocycles. The monoisotopic (exact) mass is 287 g/mol. The first-order valence-corrected chi connectivity index (χ1v) is 7.44. The predicted octanol–water partition coefficient (Wildman–Crippen LogP) is 2.77. The normalized spacial score (nSPS) is 11.2. The predicted molar refractivity (Wildman–Crippen MR) is 85.0 cm³/mol. The van der Waals surface area contributed by atoms with Crippen molar-refractivity contribution in [2.45, 2.75) is 26.5 Å². The molecule has 0 saturated heterocycles. The van der Waals surface area contributed by atoms with Crippen LogP contribution in [0, 0.1) is 6.92 Å². The third kappa shape index (κ3) is 4.99. The van der Waals surface area contributed by atoms with E-state index in [0.29, 0.717) is 6.61 Å². The van der Waals surface area contributed by atoms with Gasteiger partial charge >= 0.3 is 0 Å². The van der Waals surface area contributed by atoms with Crippen LogP contribution >= 0.6 is 0 Å². The molecule has 1 aromatic carbocycles. The Morgan fingerprint density at radius 2 is 2.00 bits per heavy atom. The minimum atomic E-state index is 0.701. The lowest BCUT2D eigenvalue weighted by atomic mass is 10.2. The number of hydrogen-bond donors (Lipinski definition) is 0. The molecule has 0 unspecified atom stereocenters. The first kappa shape index (κ1) is 15.7. The summed E-state index contributed by atoms with van der Waals surface area (Å²) >= 11 is 0. The van der Waals surface area contributed by atoms with Crippen LogP contribution in [0.4, 0.5) is 0 Å². The Kier molecular flexibility index (Phi) is 5.96. The largest absolute Gasteiger partial charge is 0.377 e. The molecule has 0 atom stereocenters. The first-order valence-electron chi connectivity index (χ1n) is 7.44. The summed E-state index contributed by atoms with van der Waals surface area (Å²) in [6.07, 6.45) is 3.00. The number of nitrogens with zero attached hydrogens (tertiary/aromatic N) is 3. The summed E-state index contributed by atoms with van der Waals surface area (Å²) in [6, 6.07) is 10.3. The van der Waals surface area contributed by atoms with E-state index in [9.17, 15) is 0 Å². The van der Waals surface area contributed by atoms with Gasteiger partial charge in [0.05, 0.1) is 12.8 Å². The lowest BCUT2D eigenvalue weighted by Crippen LogP contribution is -2.20. The summed E-state index contributed by atoms with van der Waals surface area (Å²) in [6.45, 7) is 5.58. The Hall–Kier alpha value is -1.65. The maximum Gasteiger partial charge on any atom is 0.0716 e. The highest BCUT2D eigenvalue weighted by atomic mass is 16.5. The van der Waals surface area contributed by atoms with Crippen molar-refractivity contribution in [2.75, 3.05) is 20.2 Å². The van der Waals surface area contributed by atoms with Gasteiger partial charge in [-0.3, -0.25) is 4.68 Å². The molecule has 0 saturated carbocycles. The topological polar surface area (TPSA) is 30.3 Å². The molecule has 2 aromatic rings. The van der Waals surface area contributed by atoms with E-state index in [1.54, 1.807) is 0 Å². The molecule has 1 heterocycles. The molecule has 0 radical (unpaired) electrons. The molecule has 0 spiro atoms. The van der Waals surface area contributed by atoms with Gasteiger partial charge in [-0.15, -0.1) is 0 Å². The molecule has 0 bridgehead atoms. The Morgan fingerprint density at radius 3 is 2.67 bits per heavy atom. The molecular weight excluding hydrogens is 262 g/mol. The van der Waals surface area contributed by atoms with Crippen LogP contribution in [0.3, 0.4) is 0 Å². The van der Waals surface area contributed by atoms with Gasteiger partial charge in [0.15, 0.2) is 0 Å². The average Bonchev–Trinajstić information content (AvgIpc) is 2.80. The zero-order valence-electron chi connectivity index (χ0n) is 13.2. The van der Waals surface area contributed by atoms with Gasteiger partial charge in [-0.05, 0) is 26.0 Å². The Bertz CT molecular complexity index is 536. The third-order valence-corrected chi connectivity index (χ3v) is 3.72. The average molecular weight is 287 g/mol. The van der Waals surface area contributed by atoms with Crippen molar-refractivity contribution in [3.63, 3.8) is 0 Å². The summed E-state index contributed by atoms with van der Waals surface area (Å²) in [5.74, 6) is 0. The van der Waals surface area contributed by atoms with E-state index in [0.717, 1.165) is 26.1 Å². The van der Waals surface area contributed by atoms with Crippen LogP contribution < -0.4 is 0 Å². The summed E-state index contributed by atoms with van der Waals surface area (Å²) < 4.78 is 7.63. The molecule has 21 heavy (non-hydrogen) atoms. The van der Waals surface area contributed by atoms with Crippen molar-refractivity contribution in [3.8, 4) is 0 Å². The summed E-state index contributed by atoms with van der Waals surface area (Å²) in [5.41, 5.74) is 3.77. The SMILES string of the molecule is Cc1c(CN(C)CCCOCc2ccccc2)cnn1C. The lowest BCUT2D eigenvalue weighted by molar-refractivity contribution is 0.110. The van der Waals surface area contributed by atoms with Crippen molar-refractivity contribution in [2.24, 2.45) is 7.05 Å². The van der Waals surface area contributed by atoms with Crippen LogP contribution in [0.25, 0.3) is 0 Å². The van der Waals surface area contributed by atoms with E-state index >= 15 is 0 Å². The van der Waals surface area contributed by atoms with Crippen molar-refractivity contribution in [1.29, 1.82) is 0 Å². The smallest absolute Gasteiger partial charge is 0.0716 e. The number of aromatic nitrogens is 2. The number of aryl methyl sites for hydroxylation is 1. The van der Waals surface area contributed by atoms with Gasteiger partial charge in [0, 0.05) is 38.0 Å². The standard InChI is InChI=1S/C17H25N3O/c1-15-17(12-18-20(15)3)13-19(2)10-7-11-21-14-16-8-5-4-6-9-16/h4-6,8-9,12H,7,10-11,13-14H2,1-3H3. The molecule has 0 aliphatic carbocycles. The number of benzene rings is 1. The van der Waals surface area contributed by atoms with Gasteiger partial charge < -0.3 is 9.64 Å². The Balaban J connectivity index is 1.61. The molecule has 0 amide bonds. The van der Waals surface area contributed by atoms with Crippen LogP contribution in [-0.4, -0.2) is 34.9 Å². The summed E-state index contributed by atoms with van der Waals surface area (Å²) in [5, 5.41) is 4.28. The second-order valence-electron chi connectivity index (χ2n) is 5.51. The molecule has 0 fully saturated rings. The van der Waals surface area contributed by atoms with Crippen LogP contribution in [0.5, 0.6) is 0 Å². The highest BCUT2D eigenvalue weighted by Crippen LogP contribution is 2.08. The summed E-state index contributed by atoms with van der Waals surface area (Å²) in [7, 11) is 4.12. The fourth-order valence-corrected chi connectivity index (χ4v) is 2.27. The minimum absolute atomic E-state index is 0.701. The second kappa shape index (κ2) is 7.96. The fraction of sp³-hybridized carbons (Fsp3) is 0.471. The Morgan fingerprint density at radius 1 is 1.24 bits per heavy atom. The zero-order chi connectivity index (χ0) is 15.1. The molecule has 0 N–H and O–H groups in total. The van der Waals surface area contributed by atoms with Crippen LogP contribution in [0.1, 0.15) is 23.2 Å². The highest BCUT2D eigenvalue weighted by Gasteiger charge is 2.06. The maximum absolute atomic E-state index is 5.71. The van der Waals surface area contributed by atoms with Gasteiger partial charge in [0.1, 0.15) is 0 Å². The van der Waals surface area contributed by atoms with Crippen LogP contribution in [-0.2, 0) is 24.9 Å². The van der Waals surface area contributed by atoms with Gasteiger partial charge in [-0.2, -0.15) is 5.10 Å². The fourth-order valence-electron chi connectivity index (χ4n) is 2.27. The molecule has 4 heteroatoms. The van der Waals surface area contributed by atoms with Crippen molar-refractivity contribution < 1.29 is 4.74 Å². The molecule has 4 nitrogen and oxygen atoms in total. The van der Waals surface area contributed by atoms with Crippen molar-refractivity contribution in [3.05, 3.63) is 53.3 Å². The van der Waals surface area contributed by atoms with Gasteiger partial charge in [-0.1, -0.05) is 30.3 Å². The van der Waals surface area contributed by atoms with Crippen LogP contribution in [0.15, 0.2) is 36.5 Å². The zero-order valence-corrected chi connectivity index (χ0v) is 13.2. The Labute approximate surface area is 127 Å². The third-order valence-electron chi connectivity index (χ3n) is 3.72. The van der Waals surface area contributed by atoms with E-state index in [1.165, 1.54) is 16.8 Å². The number of rotatable bonds is 8. The van der Waals surface area contributed by atoms with E-state index in [4.69, 9.17) is 4.74 Å². The van der Waals surface area contributed by atoms with Crippen LogP contribution in [0.2, 0.25) is 0 Å². The van der Waals surface area contributed by atoms with E-state index in [2.05, 4.69) is 36.1 Å². The first-order chi connectivity index (χ1) is 10.2. The second-order valence-corrected chi connectivity index (χ2v) is 5.51. The lowest BCUT2D eigenvalue weighted by Gasteiger charge is -2.16. The minimum Gasteiger partial charge on any atom is -0.377 e. The molecule has 2 rings (SSSR count). The molecular formula is C17H25N3O. The summed E-state index contributed by atoms with van der Waals surface area (Å²) in [4.78, 5) is 2.32. The number of ether oxygens (including phenoxy) is 1. The molecule has 0 aliphatic heterocycles. The van der Waals surface area contributed by atoms with Gasteiger partial charge in [0.25, 0.3) is 0 Å². The van der Waals surface area contributed by atoms with E-state index < -0.39 is 0 Å². The molecule has 0 aliphatic rings.